The zero-order chi connectivity index (χ0) is 21.4. The summed E-state index contributed by atoms with van der Waals surface area (Å²) >= 11 is 12.5. The third-order valence-electron chi connectivity index (χ3n) is 6.06. The summed E-state index contributed by atoms with van der Waals surface area (Å²) in [4.78, 5) is 39.3. The molecule has 2 aromatic carbocycles. The molecular weight excluding hydrogens is 427 g/mol. The van der Waals surface area contributed by atoms with E-state index in [-0.39, 0.29) is 10.9 Å². The van der Waals surface area contributed by atoms with Crippen molar-refractivity contribution in [2.45, 2.75) is 49.8 Å². The van der Waals surface area contributed by atoms with Gasteiger partial charge in [0.2, 0.25) is 0 Å². The maximum Gasteiger partial charge on any atom is 0.296 e. The second-order valence-corrected chi connectivity index (χ2v) is 8.58. The van der Waals surface area contributed by atoms with Crippen molar-refractivity contribution in [2.75, 3.05) is 0 Å². The van der Waals surface area contributed by atoms with Gasteiger partial charge in [-0.15, -0.1) is 4.91 Å². The van der Waals surface area contributed by atoms with E-state index in [1.54, 1.807) is 36.4 Å². The Bertz CT molecular complexity index is 1010. The van der Waals surface area contributed by atoms with E-state index < -0.39 is 30.0 Å². The highest BCUT2D eigenvalue weighted by atomic mass is 35.5. The minimum Gasteiger partial charge on any atom is -0.391 e. The average molecular weight is 447 g/mol. The number of halogens is 2. The zero-order valence-electron chi connectivity index (χ0n) is 16.0. The second kappa shape index (κ2) is 8.46. The Kier molecular flexibility index (Phi) is 5.91. The molecule has 4 atom stereocenters. The first-order valence-corrected chi connectivity index (χ1v) is 10.6. The van der Waals surface area contributed by atoms with Crippen molar-refractivity contribution in [3.05, 3.63) is 74.1 Å². The molecule has 30 heavy (non-hydrogen) atoms. The first kappa shape index (κ1) is 21.0. The lowest BCUT2D eigenvalue weighted by molar-refractivity contribution is -0.121. The smallest absolute Gasteiger partial charge is 0.296 e. The molecule has 2 aromatic rings. The lowest BCUT2D eigenvalue weighted by atomic mass is 9.77. The van der Waals surface area contributed by atoms with Gasteiger partial charge in [0.1, 0.15) is 0 Å². The van der Waals surface area contributed by atoms with Gasteiger partial charge in [0.25, 0.3) is 11.8 Å². The van der Waals surface area contributed by atoms with Crippen LogP contribution in [0.2, 0.25) is 10.0 Å². The third kappa shape index (κ3) is 3.53. The molecule has 1 aliphatic heterocycles. The fourth-order valence-electron chi connectivity index (χ4n) is 4.73. The molecule has 2 unspecified atom stereocenters. The highest BCUT2D eigenvalue weighted by Gasteiger charge is 2.49. The van der Waals surface area contributed by atoms with Gasteiger partial charge >= 0.3 is 0 Å². The predicted octanol–water partition coefficient (Wildman–Crippen LogP) is 4.87. The Morgan fingerprint density at radius 3 is 2.50 bits per heavy atom. The van der Waals surface area contributed by atoms with Gasteiger partial charge in [-0.25, -0.2) is 0 Å². The average Bonchev–Trinajstić information content (AvgIpc) is 2.74. The molecular formula is C22H20Cl2N2O4. The van der Waals surface area contributed by atoms with Gasteiger partial charge in [-0.3, -0.25) is 9.59 Å². The van der Waals surface area contributed by atoms with Crippen LogP contribution in [0.3, 0.4) is 0 Å². The van der Waals surface area contributed by atoms with Crippen LogP contribution in [-0.2, 0) is 4.79 Å². The summed E-state index contributed by atoms with van der Waals surface area (Å²) in [5.74, 6) is -2.21. The standard InChI is InChI=1S/C22H20Cl2N2O4/c23-12-9-10-15(16(24)11-12)20-19(21(28)25-30)13-5-1-2-6-14(13)22(29)26(20)17-7-3-4-8-18(17)27/h1-2,5-6,9-11,17-20,27H,3-4,7-8H2/t17-,18-,19?,20?/m1/s1. The van der Waals surface area contributed by atoms with E-state index in [0.29, 0.717) is 34.6 Å². The van der Waals surface area contributed by atoms with E-state index in [4.69, 9.17) is 23.2 Å². The number of aliphatic hydroxyl groups is 1. The molecule has 1 aliphatic carbocycles. The minimum atomic E-state index is -1.02. The van der Waals surface area contributed by atoms with E-state index in [1.165, 1.54) is 11.0 Å². The van der Waals surface area contributed by atoms with Crippen molar-refractivity contribution < 1.29 is 14.7 Å². The number of carbonyl (C=O) groups is 2. The van der Waals surface area contributed by atoms with Gasteiger partial charge in [0.05, 0.1) is 24.1 Å². The Morgan fingerprint density at radius 2 is 1.80 bits per heavy atom. The van der Waals surface area contributed by atoms with Crippen LogP contribution in [0.25, 0.3) is 0 Å². The number of aliphatic hydroxyl groups excluding tert-OH is 1. The number of fused-ring (bicyclic) bond motifs is 1. The van der Waals surface area contributed by atoms with Crippen molar-refractivity contribution in [3.8, 4) is 0 Å². The van der Waals surface area contributed by atoms with Gasteiger partial charge in [0.15, 0.2) is 0 Å². The first-order chi connectivity index (χ1) is 14.4. The van der Waals surface area contributed by atoms with E-state index in [0.717, 1.165) is 12.8 Å². The van der Waals surface area contributed by atoms with Crippen molar-refractivity contribution in [1.82, 2.24) is 4.90 Å². The molecule has 1 N–H and O–H groups in total. The van der Waals surface area contributed by atoms with Gasteiger partial charge in [0, 0.05) is 20.8 Å². The first-order valence-electron chi connectivity index (χ1n) is 9.86. The van der Waals surface area contributed by atoms with Crippen molar-refractivity contribution >= 4 is 35.0 Å². The van der Waals surface area contributed by atoms with Gasteiger partial charge in [-0.2, -0.15) is 0 Å². The number of carbonyl (C=O) groups excluding carboxylic acids is 2. The molecule has 8 heteroatoms. The molecule has 1 saturated carbocycles. The van der Waals surface area contributed by atoms with Crippen LogP contribution in [0.15, 0.2) is 47.6 Å². The van der Waals surface area contributed by atoms with E-state index in [1.807, 2.05) is 0 Å². The number of rotatable bonds is 3. The van der Waals surface area contributed by atoms with Crippen LogP contribution in [0.1, 0.15) is 59.1 Å². The maximum atomic E-state index is 13.6. The third-order valence-corrected chi connectivity index (χ3v) is 6.63. The zero-order valence-corrected chi connectivity index (χ0v) is 17.5. The number of hydrogen-bond acceptors (Lipinski definition) is 4. The maximum absolute atomic E-state index is 13.6. The van der Waals surface area contributed by atoms with E-state index in [9.17, 15) is 19.6 Å². The highest BCUT2D eigenvalue weighted by Crippen LogP contribution is 2.48. The molecule has 0 saturated heterocycles. The van der Waals surface area contributed by atoms with Gasteiger partial charge in [-0.05, 0) is 42.2 Å². The van der Waals surface area contributed by atoms with Crippen molar-refractivity contribution in [3.63, 3.8) is 0 Å². The van der Waals surface area contributed by atoms with Crippen LogP contribution in [0, 0.1) is 4.91 Å². The lowest BCUT2D eigenvalue weighted by Crippen LogP contribution is -2.54. The van der Waals surface area contributed by atoms with Crippen molar-refractivity contribution in [1.29, 1.82) is 0 Å². The molecule has 6 nitrogen and oxygen atoms in total. The van der Waals surface area contributed by atoms with Crippen LogP contribution < -0.4 is 0 Å². The molecule has 156 valence electrons. The number of benzene rings is 2. The molecule has 1 heterocycles. The quantitative estimate of drug-likeness (QED) is 0.681. The predicted molar refractivity (Wildman–Crippen MR) is 114 cm³/mol. The lowest BCUT2D eigenvalue weighted by Gasteiger charge is -2.47. The summed E-state index contributed by atoms with van der Waals surface area (Å²) in [6, 6.07) is 10.1. The topological polar surface area (TPSA) is 87.0 Å². The molecule has 4 rings (SSSR count). The number of hydrogen-bond donors (Lipinski definition) is 1. The minimum absolute atomic E-state index is 0.277. The van der Waals surface area contributed by atoms with Gasteiger partial charge < -0.3 is 10.0 Å². The van der Waals surface area contributed by atoms with Crippen LogP contribution in [0.5, 0.6) is 0 Å². The van der Waals surface area contributed by atoms with E-state index >= 15 is 0 Å². The normalized spacial score (nSPS) is 26.2. The summed E-state index contributed by atoms with van der Waals surface area (Å²) in [6.07, 6.45) is 2.12. The SMILES string of the molecule is O=NC(=O)C1c2ccccc2C(=O)N([C@@H]2CCCC[C@H]2O)C1c1ccc(Cl)cc1Cl. The molecule has 1 fully saturated rings. The Hall–Kier alpha value is -2.28. The summed E-state index contributed by atoms with van der Waals surface area (Å²) in [5.41, 5.74) is 1.26. The molecule has 0 spiro atoms. The fourth-order valence-corrected chi connectivity index (χ4v) is 5.25. The Morgan fingerprint density at radius 1 is 1.07 bits per heavy atom. The number of nitrogens with zero attached hydrogens (tertiary/aromatic N) is 2. The monoisotopic (exact) mass is 446 g/mol. The van der Waals surface area contributed by atoms with Crippen LogP contribution >= 0.6 is 23.2 Å². The van der Waals surface area contributed by atoms with Crippen molar-refractivity contribution in [2.24, 2.45) is 5.18 Å². The molecule has 0 radical (unpaired) electrons. The van der Waals surface area contributed by atoms with Crippen LogP contribution in [0.4, 0.5) is 0 Å². The number of nitroso groups, excluding NO2 is 1. The van der Waals surface area contributed by atoms with E-state index in [2.05, 4.69) is 5.18 Å². The molecule has 2 amide bonds. The Labute approximate surface area is 183 Å². The summed E-state index contributed by atoms with van der Waals surface area (Å²) < 4.78 is 0. The highest BCUT2D eigenvalue weighted by molar-refractivity contribution is 6.35. The molecule has 0 bridgehead atoms. The summed E-state index contributed by atoms with van der Waals surface area (Å²) in [7, 11) is 0. The second-order valence-electron chi connectivity index (χ2n) is 7.74. The molecule has 0 aromatic heterocycles. The van der Waals surface area contributed by atoms with Crippen LogP contribution in [-0.4, -0.2) is 34.0 Å². The largest absolute Gasteiger partial charge is 0.391 e. The van der Waals surface area contributed by atoms with Gasteiger partial charge in [-0.1, -0.05) is 60.3 Å². The number of amides is 2. The molecule has 2 aliphatic rings. The summed E-state index contributed by atoms with van der Waals surface area (Å²) in [5, 5.41) is 14.1. The summed E-state index contributed by atoms with van der Waals surface area (Å²) in [6.45, 7) is 0. The fraction of sp³-hybridized carbons (Fsp3) is 0.364. The Balaban J connectivity index is 1.96.